The molecule has 2 aromatic rings. The molecule has 0 atom stereocenters. The highest BCUT2D eigenvalue weighted by Crippen LogP contribution is 2.18. The van der Waals surface area contributed by atoms with E-state index in [1.165, 1.54) is 6.07 Å². The van der Waals surface area contributed by atoms with Crippen LogP contribution in [-0.4, -0.2) is 35.3 Å². The van der Waals surface area contributed by atoms with Gasteiger partial charge in [0.15, 0.2) is 18.1 Å². The number of anilines is 1. The van der Waals surface area contributed by atoms with Gasteiger partial charge in [0, 0.05) is 5.56 Å². The van der Waals surface area contributed by atoms with Crippen LogP contribution in [0.5, 0.6) is 5.75 Å². The molecule has 21 heavy (non-hydrogen) atoms. The minimum atomic E-state index is -0.487. The van der Waals surface area contributed by atoms with Crippen LogP contribution in [0.1, 0.15) is 23.0 Å². The van der Waals surface area contributed by atoms with E-state index < -0.39 is 11.8 Å². The molecule has 0 radical (unpaired) electrons. The van der Waals surface area contributed by atoms with Crippen LogP contribution >= 0.6 is 0 Å². The van der Waals surface area contributed by atoms with Gasteiger partial charge in [-0.25, -0.2) is 9.42 Å². The van der Waals surface area contributed by atoms with Crippen molar-refractivity contribution in [2.24, 2.45) is 0 Å². The van der Waals surface area contributed by atoms with E-state index in [0.717, 1.165) is 0 Å². The van der Waals surface area contributed by atoms with Gasteiger partial charge in [0.1, 0.15) is 5.75 Å². The van der Waals surface area contributed by atoms with E-state index in [2.05, 4.69) is 14.9 Å². The zero-order valence-corrected chi connectivity index (χ0v) is 11.2. The molecule has 0 fully saturated rings. The molecular formula is C13H13N3O5. The molecule has 8 heteroatoms. The van der Waals surface area contributed by atoms with Gasteiger partial charge in [-0.15, -0.1) is 0 Å². The van der Waals surface area contributed by atoms with Crippen molar-refractivity contribution in [2.75, 3.05) is 18.9 Å². The number of aromatic nitrogens is 2. The van der Waals surface area contributed by atoms with E-state index in [1.54, 1.807) is 25.1 Å². The molecule has 0 aliphatic carbocycles. The van der Waals surface area contributed by atoms with Crippen LogP contribution in [0.4, 0.5) is 5.82 Å². The Hall–Kier alpha value is -2.90. The topological polar surface area (TPSA) is 118 Å². The molecule has 0 spiro atoms. The first-order valence-electron chi connectivity index (χ1n) is 6.13. The summed E-state index contributed by atoms with van der Waals surface area (Å²) >= 11 is 0. The normalized spacial score (nSPS) is 10.1. The third-order valence-corrected chi connectivity index (χ3v) is 2.49. The number of rotatable bonds is 6. The van der Waals surface area contributed by atoms with Crippen molar-refractivity contribution in [2.45, 2.75) is 6.92 Å². The van der Waals surface area contributed by atoms with E-state index >= 15 is 0 Å². The lowest BCUT2D eigenvalue weighted by Crippen LogP contribution is -2.14. The molecule has 0 bridgehead atoms. The Kier molecular flexibility index (Phi) is 4.50. The largest absolute Gasteiger partial charge is 0.482 e. The third kappa shape index (κ3) is 3.56. The summed E-state index contributed by atoms with van der Waals surface area (Å²) in [4.78, 5) is 23.3. The zero-order chi connectivity index (χ0) is 15.2. The number of nitrogens with two attached hydrogens (primary N) is 1. The van der Waals surface area contributed by atoms with E-state index in [-0.39, 0.29) is 24.7 Å². The number of nitrogens with zero attached hydrogens (tertiary/aromatic N) is 2. The van der Waals surface area contributed by atoms with Crippen LogP contribution in [0.2, 0.25) is 0 Å². The number of ketones is 1. The first kappa shape index (κ1) is 14.5. The van der Waals surface area contributed by atoms with E-state index in [0.29, 0.717) is 11.3 Å². The van der Waals surface area contributed by atoms with Crippen LogP contribution in [0.15, 0.2) is 28.9 Å². The minimum Gasteiger partial charge on any atom is -0.482 e. The number of carbonyl (C=O) groups excluding carboxylic acids is 2. The Bertz CT molecular complexity index is 653. The molecule has 2 N–H and O–H groups in total. The van der Waals surface area contributed by atoms with Crippen molar-refractivity contribution in [1.29, 1.82) is 0 Å². The maximum Gasteiger partial charge on any atom is 0.344 e. The number of esters is 1. The molecular weight excluding hydrogens is 278 g/mol. The predicted molar refractivity (Wildman–Crippen MR) is 70.7 cm³/mol. The average Bonchev–Trinajstić information content (AvgIpc) is 2.91. The second kappa shape index (κ2) is 6.51. The van der Waals surface area contributed by atoms with Crippen molar-refractivity contribution >= 4 is 17.6 Å². The molecule has 110 valence electrons. The van der Waals surface area contributed by atoms with Crippen molar-refractivity contribution in [1.82, 2.24) is 10.3 Å². The summed E-state index contributed by atoms with van der Waals surface area (Å²) in [7, 11) is 0. The number of carbonyl (C=O) groups is 2. The summed E-state index contributed by atoms with van der Waals surface area (Å²) < 4.78 is 14.4. The molecule has 1 aromatic heterocycles. The molecule has 0 aliphatic rings. The maximum atomic E-state index is 12.1. The Morgan fingerprint density at radius 3 is 2.81 bits per heavy atom. The molecule has 2 rings (SSSR count). The molecule has 0 saturated carbocycles. The lowest BCUT2D eigenvalue weighted by molar-refractivity contribution is -0.145. The molecule has 0 amide bonds. The Balaban J connectivity index is 2.09. The standard InChI is InChI=1S/C13H13N3O5/c1-2-19-10(17)7-20-9-5-3-4-8(6-9)12(18)11-13(14)16-21-15-11/h3-6H,2,7H2,1H3,(H2,14,16). The van der Waals surface area contributed by atoms with E-state index in [4.69, 9.17) is 15.2 Å². The molecule has 0 unspecified atom stereocenters. The SMILES string of the molecule is CCOC(=O)COc1cccc(C(=O)c2nonc2N)c1. The van der Waals surface area contributed by atoms with Crippen LogP contribution in [0.25, 0.3) is 0 Å². The summed E-state index contributed by atoms with van der Waals surface area (Å²) in [6.07, 6.45) is 0. The lowest BCUT2D eigenvalue weighted by atomic mass is 10.1. The predicted octanol–water partition coefficient (Wildman–Crippen LogP) is 0.825. The van der Waals surface area contributed by atoms with Gasteiger partial charge in [-0.3, -0.25) is 4.79 Å². The van der Waals surface area contributed by atoms with Gasteiger partial charge in [-0.1, -0.05) is 12.1 Å². The number of hydrogen-bond acceptors (Lipinski definition) is 8. The van der Waals surface area contributed by atoms with Gasteiger partial charge in [0.2, 0.25) is 5.78 Å². The summed E-state index contributed by atoms with van der Waals surface area (Å²) in [5.41, 5.74) is 5.69. The van der Waals surface area contributed by atoms with Gasteiger partial charge in [-0.05, 0) is 29.4 Å². The summed E-state index contributed by atoms with van der Waals surface area (Å²) in [5, 5.41) is 6.79. The first-order chi connectivity index (χ1) is 10.1. The Morgan fingerprint density at radius 2 is 2.14 bits per heavy atom. The highest BCUT2D eigenvalue weighted by molar-refractivity contribution is 6.10. The van der Waals surface area contributed by atoms with Crippen LogP contribution in [0.3, 0.4) is 0 Å². The highest BCUT2D eigenvalue weighted by atomic mass is 16.6. The first-order valence-corrected chi connectivity index (χ1v) is 6.13. The number of benzene rings is 1. The molecule has 1 aromatic carbocycles. The maximum absolute atomic E-state index is 12.1. The number of ether oxygens (including phenoxy) is 2. The van der Waals surface area contributed by atoms with Gasteiger partial charge in [-0.2, -0.15) is 0 Å². The number of nitrogen functional groups attached to an aromatic ring is 1. The van der Waals surface area contributed by atoms with Gasteiger partial charge in [0.05, 0.1) is 6.61 Å². The zero-order valence-electron chi connectivity index (χ0n) is 11.2. The molecule has 1 heterocycles. The fraction of sp³-hybridized carbons (Fsp3) is 0.231. The second-order valence-electron chi connectivity index (χ2n) is 3.95. The average molecular weight is 291 g/mol. The van der Waals surface area contributed by atoms with Gasteiger partial charge in [0.25, 0.3) is 0 Å². The fourth-order valence-electron chi connectivity index (χ4n) is 1.56. The minimum absolute atomic E-state index is 0.0717. The Morgan fingerprint density at radius 1 is 1.33 bits per heavy atom. The lowest BCUT2D eigenvalue weighted by Gasteiger charge is -2.06. The molecule has 0 aliphatic heterocycles. The van der Waals surface area contributed by atoms with Crippen LogP contribution in [0, 0.1) is 0 Å². The van der Waals surface area contributed by atoms with Crippen molar-refractivity contribution in [3.63, 3.8) is 0 Å². The van der Waals surface area contributed by atoms with Crippen LogP contribution in [-0.2, 0) is 9.53 Å². The second-order valence-corrected chi connectivity index (χ2v) is 3.95. The van der Waals surface area contributed by atoms with E-state index in [9.17, 15) is 9.59 Å². The number of hydrogen-bond donors (Lipinski definition) is 1. The van der Waals surface area contributed by atoms with Crippen molar-refractivity contribution < 1.29 is 23.7 Å². The molecule has 8 nitrogen and oxygen atoms in total. The Labute approximate surface area is 119 Å². The summed E-state index contributed by atoms with van der Waals surface area (Å²) in [6, 6.07) is 6.25. The smallest absolute Gasteiger partial charge is 0.344 e. The molecule has 0 saturated heterocycles. The fourth-order valence-corrected chi connectivity index (χ4v) is 1.56. The van der Waals surface area contributed by atoms with Crippen molar-refractivity contribution in [3.05, 3.63) is 35.5 Å². The quantitative estimate of drug-likeness (QED) is 0.614. The monoisotopic (exact) mass is 291 g/mol. The van der Waals surface area contributed by atoms with Crippen LogP contribution < -0.4 is 10.5 Å². The van der Waals surface area contributed by atoms with Crippen molar-refractivity contribution in [3.8, 4) is 5.75 Å². The summed E-state index contributed by atoms with van der Waals surface area (Å²) in [5.74, 6) is -0.670. The van der Waals surface area contributed by atoms with Gasteiger partial charge >= 0.3 is 5.97 Å². The summed E-state index contributed by atoms with van der Waals surface area (Å²) in [6.45, 7) is 1.74. The third-order valence-electron chi connectivity index (χ3n) is 2.49. The van der Waals surface area contributed by atoms with E-state index in [1.807, 2.05) is 0 Å². The van der Waals surface area contributed by atoms with Gasteiger partial charge < -0.3 is 15.2 Å². The highest BCUT2D eigenvalue weighted by Gasteiger charge is 2.18.